The van der Waals surface area contributed by atoms with Crippen LogP contribution in [0, 0.1) is 5.92 Å². The molecule has 0 aliphatic heterocycles. The van der Waals surface area contributed by atoms with Crippen LogP contribution in [0.25, 0.3) is 0 Å². The molecule has 0 saturated carbocycles. The summed E-state index contributed by atoms with van der Waals surface area (Å²) in [6.07, 6.45) is 0.363. The average molecular weight is 506 g/mol. The second kappa shape index (κ2) is 8.10. The third kappa shape index (κ3) is 4.51. The Labute approximate surface area is 205 Å². The molecule has 3 aliphatic rings. The van der Waals surface area contributed by atoms with Gasteiger partial charge in [-0.3, -0.25) is 4.79 Å². The van der Waals surface area contributed by atoms with E-state index in [2.05, 4.69) is 65.8 Å². The van der Waals surface area contributed by atoms with E-state index < -0.39 is 39.8 Å². The fraction of sp³-hybridized carbons (Fsp3) is 0.519. The van der Waals surface area contributed by atoms with Crippen molar-refractivity contribution in [2.24, 2.45) is 5.92 Å². The van der Waals surface area contributed by atoms with E-state index in [-0.39, 0.29) is 16.7 Å². The Balaban J connectivity index is 1.78. The highest BCUT2D eigenvalue weighted by atomic mass is 32.2. The lowest BCUT2D eigenvalue weighted by Gasteiger charge is -2.45. The average Bonchev–Trinajstić information content (AvgIpc) is 2.74. The highest BCUT2D eigenvalue weighted by Crippen LogP contribution is 2.56. The standard InChI is InChI=1S/C27H32F2O5S/c1-25(2,3)15-8-10-18-19(11-15)20-13-22(24(30)34-14-27(28,29)35(31,32)33)23(18)21-12-16(26(4,5)6)7-9-17(20)21/h7-12,20,22-23H,13-14H2,1-6H3,(H,31,32,33)/p-1. The fourth-order valence-corrected chi connectivity index (χ4v) is 5.44. The van der Waals surface area contributed by atoms with Crippen LogP contribution in [0.15, 0.2) is 36.4 Å². The van der Waals surface area contributed by atoms with Gasteiger partial charge in [0.2, 0.25) is 0 Å². The van der Waals surface area contributed by atoms with Crippen LogP contribution < -0.4 is 0 Å². The van der Waals surface area contributed by atoms with Crippen LogP contribution in [0.4, 0.5) is 8.78 Å². The molecule has 0 saturated heterocycles. The van der Waals surface area contributed by atoms with Gasteiger partial charge in [0, 0.05) is 11.8 Å². The summed E-state index contributed by atoms with van der Waals surface area (Å²) in [6, 6.07) is 12.5. The lowest BCUT2D eigenvalue weighted by Crippen LogP contribution is -2.40. The molecule has 3 atom stereocenters. The van der Waals surface area contributed by atoms with Gasteiger partial charge in [0.05, 0.1) is 5.92 Å². The monoisotopic (exact) mass is 505 g/mol. The van der Waals surface area contributed by atoms with Gasteiger partial charge in [0.25, 0.3) is 0 Å². The second-order valence-electron chi connectivity index (χ2n) is 11.8. The van der Waals surface area contributed by atoms with E-state index in [1.54, 1.807) is 0 Å². The summed E-state index contributed by atoms with van der Waals surface area (Å²) in [5.41, 5.74) is 6.20. The Kier molecular flexibility index (Phi) is 5.96. The summed E-state index contributed by atoms with van der Waals surface area (Å²) in [4.78, 5) is 13.0. The molecule has 2 bridgehead atoms. The fourth-order valence-electron chi connectivity index (χ4n) is 5.23. The molecule has 0 fully saturated rings. The number of halogens is 2. The van der Waals surface area contributed by atoms with E-state index in [1.165, 1.54) is 0 Å². The summed E-state index contributed by atoms with van der Waals surface area (Å²) < 4.78 is 64.7. The first kappa shape index (κ1) is 25.8. The zero-order chi connectivity index (χ0) is 26.1. The number of ether oxygens (including phenoxy) is 1. The van der Waals surface area contributed by atoms with Crippen molar-refractivity contribution in [2.75, 3.05) is 6.61 Å². The first-order valence-corrected chi connectivity index (χ1v) is 13.1. The number of benzene rings is 2. The Hall–Kier alpha value is -2.32. The smallest absolute Gasteiger partial charge is 0.367 e. The number of hydrogen-bond acceptors (Lipinski definition) is 5. The van der Waals surface area contributed by atoms with Crippen molar-refractivity contribution in [3.8, 4) is 0 Å². The first-order valence-electron chi connectivity index (χ1n) is 11.7. The number of rotatable bonds is 4. The minimum atomic E-state index is -5.94. The molecular formula is C27H31F2O5S-. The third-order valence-electron chi connectivity index (χ3n) is 7.27. The van der Waals surface area contributed by atoms with Crippen molar-refractivity contribution in [2.45, 2.75) is 75.9 Å². The first-order chi connectivity index (χ1) is 15.9. The lowest BCUT2D eigenvalue weighted by molar-refractivity contribution is -0.156. The van der Waals surface area contributed by atoms with E-state index in [4.69, 9.17) is 4.74 Å². The highest BCUT2D eigenvalue weighted by molar-refractivity contribution is 7.86. The Morgan fingerprint density at radius 2 is 1.43 bits per heavy atom. The summed E-state index contributed by atoms with van der Waals surface area (Å²) in [6.45, 7) is 10.9. The molecule has 0 radical (unpaired) electrons. The number of carbonyl (C=O) groups excluding carboxylic acids is 1. The maximum atomic E-state index is 13.7. The summed E-state index contributed by atoms with van der Waals surface area (Å²) in [5, 5.41) is -4.67. The molecule has 2 aromatic rings. The van der Waals surface area contributed by atoms with Crippen LogP contribution in [-0.4, -0.2) is 30.8 Å². The molecule has 5 rings (SSSR count). The zero-order valence-electron chi connectivity index (χ0n) is 20.8. The van der Waals surface area contributed by atoms with Gasteiger partial charge in [-0.1, -0.05) is 77.9 Å². The second-order valence-corrected chi connectivity index (χ2v) is 13.3. The summed E-state index contributed by atoms with van der Waals surface area (Å²) >= 11 is 0. The highest BCUT2D eigenvalue weighted by Gasteiger charge is 2.48. The maximum Gasteiger partial charge on any atom is 0.367 e. The molecular weight excluding hydrogens is 474 g/mol. The minimum absolute atomic E-state index is 0.0711. The number of carbonyl (C=O) groups is 1. The predicted molar refractivity (Wildman–Crippen MR) is 128 cm³/mol. The number of hydrogen-bond donors (Lipinski definition) is 0. The van der Waals surface area contributed by atoms with Gasteiger partial charge in [0.1, 0.15) is 0 Å². The van der Waals surface area contributed by atoms with Gasteiger partial charge < -0.3 is 9.29 Å². The molecule has 0 aromatic heterocycles. The van der Waals surface area contributed by atoms with Gasteiger partial charge in [-0.2, -0.15) is 8.78 Å². The normalized spacial score (nSPS) is 21.9. The Morgan fingerprint density at radius 1 is 0.914 bits per heavy atom. The van der Waals surface area contributed by atoms with E-state index in [9.17, 15) is 26.5 Å². The van der Waals surface area contributed by atoms with Gasteiger partial charge >= 0.3 is 11.2 Å². The van der Waals surface area contributed by atoms with E-state index in [1.807, 2.05) is 12.1 Å². The van der Waals surface area contributed by atoms with Crippen molar-refractivity contribution in [3.05, 3.63) is 69.8 Å². The van der Waals surface area contributed by atoms with E-state index in [0.29, 0.717) is 6.42 Å². The molecule has 3 aliphatic carbocycles. The van der Waals surface area contributed by atoms with Gasteiger partial charge in [-0.25, -0.2) is 8.42 Å². The number of esters is 1. The molecule has 190 valence electrons. The predicted octanol–water partition coefficient (Wildman–Crippen LogP) is 5.56. The van der Waals surface area contributed by atoms with Crippen molar-refractivity contribution < 1.29 is 31.3 Å². The molecule has 0 amide bonds. The van der Waals surface area contributed by atoms with Crippen LogP contribution in [0.5, 0.6) is 0 Å². The maximum absolute atomic E-state index is 13.7. The quantitative estimate of drug-likeness (QED) is 0.401. The molecule has 0 N–H and O–H groups in total. The zero-order valence-corrected chi connectivity index (χ0v) is 21.6. The van der Waals surface area contributed by atoms with Gasteiger partial charge in [-0.05, 0) is 50.6 Å². The molecule has 0 spiro atoms. The Bertz CT molecular complexity index is 1290. The minimum Gasteiger partial charge on any atom is -0.743 e. The topological polar surface area (TPSA) is 83.5 Å². The summed E-state index contributed by atoms with van der Waals surface area (Å²) in [5.74, 6) is -2.21. The van der Waals surface area contributed by atoms with E-state index >= 15 is 0 Å². The SMILES string of the molecule is CC(C)(C)c1ccc2c(c1)C1CC(C(=O)OCC(F)(F)S(=O)(=O)[O-])C2c2cc(C(C)(C)C)ccc21. The summed E-state index contributed by atoms with van der Waals surface area (Å²) in [7, 11) is -5.94. The van der Waals surface area contributed by atoms with Crippen molar-refractivity contribution in [1.29, 1.82) is 0 Å². The van der Waals surface area contributed by atoms with Crippen LogP contribution in [0.2, 0.25) is 0 Å². The number of fused-ring (bicyclic) bond motifs is 1. The molecule has 5 nitrogen and oxygen atoms in total. The number of alkyl halides is 2. The third-order valence-corrected chi connectivity index (χ3v) is 8.12. The molecule has 3 unspecified atom stereocenters. The molecule has 0 heterocycles. The van der Waals surface area contributed by atoms with Crippen LogP contribution in [-0.2, 0) is 30.5 Å². The van der Waals surface area contributed by atoms with Gasteiger partial charge in [0.15, 0.2) is 16.7 Å². The van der Waals surface area contributed by atoms with Crippen molar-refractivity contribution in [1.82, 2.24) is 0 Å². The van der Waals surface area contributed by atoms with Crippen LogP contribution >= 0.6 is 0 Å². The lowest BCUT2D eigenvalue weighted by atomic mass is 9.58. The Morgan fingerprint density at radius 3 is 1.94 bits per heavy atom. The van der Waals surface area contributed by atoms with Crippen molar-refractivity contribution >= 4 is 16.1 Å². The van der Waals surface area contributed by atoms with Crippen LogP contribution in [0.3, 0.4) is 0 Å². The van der Waals surface area contributed by atoms with Gasteiger partial charge in [-0.15, -0.1) is 0 Å². The molecule has 35 heavy (non-hydrogen) atoms. The molecule has 2 aromatic carbocycles. The molecule has 8 heteroatoms. The largest absolute Gasteiger partial charge is 0.743 e. The van der Waals surface area contributed by atoms with E-state index in [0.717, 1.165) is 33.4 Å². The van der Waals surface area contributed by atoms with Crippen molar-refractivity contribution in [3.63, 3.8) is 0 Å². The van der Waals surface area contributed by atoms with Crippen LogP contribution in [0.1, 0.15) is 93.2 Å².